The second kappa shape index (κ2) is 7.32. The van der Waals surface area contributed by atoms with Crippen LogP contribution in [-0.2, 0) is 4.79 Å². The first-order chi connectivity index (χ1) is 14.5. The van der Waals surface area contributed by atoms with Crippen LogP contribution in [0.4, 0.5) is 0 Å². The van der Waals surface area contributed by atoms with Crippen molar-refractivity contribution in [2.45, 2.75) is 71.4 Å². The van der Waals surface area contributed by atoms with Crippen LogP contribution in [0.1, 0.15) is 67.5 Å². The van der Waals surface area contributed by atoms with Gasteiger partial charge in [0.15, 0.2) is 0 Å². The average molecular weight is 411 g/mol. The molecule has 0 spiro atoms. The number of carbonyl (C=O) groups is 2. The number of aryl methyl sites for hydroxylation is 2. The van der Waals surface area contributed by atoms with Crippen LogP contribution in [0.15, 0.2) is 6.07 Å². The fourth-order valence-corrected chi connectivity index (χ4v) is 6.01. The highest BCUT2D eigenvalue weighted by Crippen LogP contribution is 2.43. The van der Waals surface area contributed by atoms with Crippen LogP contribution in [0.5, 0.6) is 0 Å². The molecule has 8 heteroatoms. The van der Waals surface area contributed by atoms with Crippen molar-refractivity contribution in [1.29, 1.82) is 0 Å². The van der Waals surface area contributed by atoms with Crippen LogP contribution < -0.4 is 0 Å². The smallest absolute Gasteiger partial charge is 0.293 e. The van der Waals surface area contributed by atoms with Crippen molar-refractivity contribution in [1.82, 2.24) is 29.4 Å². The zero-order valence-corrected chi connectivity index (χ0v) is 18.0. The van der Waals surface area contributed by atoms with Gasteiger partial charge in [-0.3, -0.25) is 9.59 Å². The van der Waals surface area contributed by atoms with Crippen LogP contribution in [0, 0.1) is 25.7 Å². The highest BCUT2D eigenvalue weighted by atomic mass is 16.2. The van der Waals surface area contributed by atoms with Gasteiger partial charge in [-0.2, -0.15) is 4.98 Å². The fraction of sp³-hybridized carbons (Fsp3) is 0.682. The van der Waals surface area contributed by atoms with Crippen LogP contribution in [-0.4, -0.2) is 66.4 Å². The molecule has 3 aliphatic heterocycles. The van der Waals surface area contributed by atoms with Gasteiger partial charge in [0.1, 0.15) is 0 Å². The third kappa shape index (κ3) is 3.08. The lowest BCUT2D eigenvalue weighted by Gasteiger charge is -2.56. The van der Waals surface area contributed by atoms with E-state index in [-0.39, 0.29) is 23.8 Å². The van der Waals surface area contributed by atoms with E-state index in [0.29, 0.717) is 43.0 Å². The van der Waals surface area contributed by atoms with Crippen molar-refractivity contribution in [2.24, 2.45) is 11.8 Å². The summed E-state index contributed by atoms with van der Waals surface area (Å²) in [6.45, 7) is 7.40. The highest BCUT2D eigenvalue weighted by molar-refractivity contribution is 5.91. The molecule has 3 fully saturated rings. The maximum Gasteiger partial charge on any atom is 0.293 e. The van der Waals surface area contributed by atoms with Gasteiger partial charge in [0.05, 0.1) is 0 Å². The molecule has 2 bridgehead atoms. The largest absolute Gasteiger partial charge is 0.336 e. The first-order valence-corrected chi connectivity index (χ1v) is 11.3. The number of amides is 2. The molecule has 160 valence electrons. The maximum atomic E-state index is 13.4. The Morgan fingerprint density at radius 2 is 2.00 bits per heavy atom. The number of hydrogen-bond acceptors (Lipinski definition) is 5. The van der Waals surface area contributed by atoms with Gasteiger partial charge in [-0.1, -0.05) is 13.3 Å². The minimum absolute atomic E-state index is 0.113. The normalized spacial score (nSPS) is 28.7. The standard InChI is InChI=1S/C22H30N6O2/c1-4-6-17-15-10-16(18-7-5-8-19(29)27(17)18)12-26(11-15)21(30)20-24-22-23-13(2)9-14(3)28(22)25-20/h9,15-18H,4-8,10-12H2,1-3H3/t15-,16+,17-,18-/m0/s1. The Labute approximate surface area is 176 Å². The third-order valence-corrected chi connectivity index (χ3v) is 7.18. The Morgan fingerprint density at radius 3 is 2.80 bits per heavy atom. The van der Waals surface area contributed by atoms with E-state index in [9.17, 15) is 9.59 Å². The van der Waals surface area contributed by atoms with Crippen LogP contribution in [0.3, 0.4) is 0 Å². The van der Waals surface area contributed by atoms with Gasteiger partial charge in [-0.25, -0.2) is 9.50 Å². The van der Waals surface area contributed by atoms with E-state index >= 15 is 0 Å². The fourth-order valence-electron chi connectivity index (χ4n) is 6.01. The molecule has 2 aromatic heterocycles. The number of aromatic nitrogens is 4. The van der Waals surface area contributed by atoms with Crippen molar-refractivity contribution < 1.29 is 9.59 Å². The molecular weight excluding hydrogens is 380 g/mol. The summed E-state index contributed by atoms with van der Waals surface area (Å²) >= 11 is 0. The van der Waals surface area contributed by atoms with Crippen molar-refractivity contribution in [3.63, 3.8) is 0 Å². The lowest BCUT2D eigenvalue weighted by Crippen LogP contribution is -2.65. The van der Waals surface area contributed by atoms with Gasteiger partial charge in [-0.05, 0) is 57.4 Å². The summed E-state index contributed by atoms with van der Waals surface area (Å²) in [4.78, 5) is 39.1. The van der Waals surface area contributed by atoms with Gasteiger partial charge in [0.25, 0.3) is 11.7 Å². The number of nitrogens with zero attached hydrogens (tertiary/aromatic N) is 6. The molecule has 3 saturated heterocycles. The third-order valence-electron chi connectivity index (χ3n) is 7.18. The number of fused-ring (bicyclic) bond motifs is 5. The molecule has 0 unspecified atom stereocenters. The molecule has 0 saturated carbocycles. The molecular formula is C22H30N6O2. The number of hydrogen-bond donors (Lipinski definition) is 0. The first-order valence-electron chi connectivity index (χ1n) is 11.3. The average Bonchev–Trinajstić information content (AvgIpc) is 3.15. The van der Waals surface area contributed by atoms with E-state index in [2.05, 4.69) is 26.9 Å². The lowest BCUT2D eigenvalue weighted by atomic mass is 9.71. The molecule has 0 N–H and O–H groups in total. The van der Waals surface area contributed by atoms with E-state index in [0.717, 1.165) is 43.5 Å². The number of carbonyl (C=O) groups excluding carboxylic acids is 2. The SMILES string of the molecule is CCC[C@H]1[C@H]2C[C@H](CN(C(=O)c3nc4nc(C)cc(C)n4n3)C2)[C@@H]2CCCC(=O)N21. The second-order valence-electron chi connectivity index (χ2n) is 9.27. The Morgan fingerprint density at radius 1 is 1.20 bits per heavy atom. The van der Waals surface area contributed by atoms with E-state index in [4.69, 9.17) is 0 Å². The quantitative estimate of drug-likeness (QED) is 0.776. The molecule has 3 aliphatic rings. The molecule has 30 heavy (non-hydrogen) atoms. The summed E-state index contributed by atoms with van der Waals surface area (Å²) in [5, 5.41) is 4.46. The van der Waals surface area contributed by atoms with Gasteiger partial charge in [-0.15, -0.1) is 5.10 Å². The van der Waals surface area contributed by atoms with E-state index in [1.807, 2.05) is 24.8 Å². The molecule has 4 atom stereocenters. The monoisotopic (exact) mass is 410 g/mol. The van der Waals surface area contributed by atoms with Crippen molar-refractivity contribution in [3.8, 4) is 0 Å². The molecule has 5 heterocycles. The Balaban J connectivity index is 1.44. The molecule has 5 rings (SSSR count). The first kappa shape index (κ1) is 19.5. The summed E-state index contributed by atoms with van der Waals surface area (Å²) in [6.07, 6.45) is 5.87. The van der Waals surface area contributed by atoms with Gasteiger partial charge in [0.2, 0.25) is 11.7 Å². The van der Waals surface area contributed by atoms with Crippen LogP contribution >= 0.6 is 0 Å². The highest BCUT2D eigenvalue weighted by Gasteiger charge is 2.49. The van der Waals surface area contributed by atoms with Gasteiger partial charge in [0, 0.05) is 43.0 Å². The summed E-state index contributed by atoms with van der Waals surface area (Å²) in [5.41, 5.74) is 1.78. The molecule has 0 aromatic carbocycles. The molecule has 0 aliphatic carbocycles. The lowest BCUT2D eigenvalue weighted by molar-refractivity contribution is -0.152. The summed E-state index contributed by atoms with van der Waals surface area (Å²) in [6, 6.07) is 2.46. The topological polar surface area (TPSA) is 83.7 Å². The van der Waals surface area contributed by atoms with Crippen LogP contribution in [0.25, 0.3) is 5.78 Å². The van der Waals surface area contributed by atoms with Crippen LogP contribution in [0.2, 0.25) is 0 Å². The molecule has 8 nitrogen and oxygen atoms in total. The Hall–Kier alpha value is -2.51. The van der Waals surface area contributed by atoms with Gasteiger partial charge < -0.3 is 9.80 Å². The van der Waals surface area contributed by atoms with E-state index in [1.54, 1.807) is 4.52 Å². The number of piperidine rings is 3. The summed E-state index contributed by atoms with van der Waals surface area (Å²) in [5.74, 6) is 1.59. The number of rotatable bonds is 3. The minimum atomic E-state index is -0.113. The molecule has 2 aromatic rings. The number of likely N-dealkylation sites (tertiary alicyclic amines) is 1. The molecule has 0 radical (unpaired) electrons. The predicted octanol–water partition coefficient (Wildman–Crippen LogP) is 2.38. The minimum Gasteiger partial charge on any atom is -0.336 e. The Bertz CT molecular complexity index is 1000. The van der Waals surface area contributed by atoms with E-state index in [1.165, 1.54) is 0 Å². The summed E-state index contributed by atoms with van der Waals surface area (Å²) < 4.78 is 1.65. The van der Waals surface area contributed by atoms with E-state index < -0.39 is 0 Å². The second-order valence-corrected chi connectivity index (χ2v) is 9.27. The maximum absolute atomic E-state index is 13.4. The van der Waals surface area contributed by atoms with Crippen molar-refractivity contribution in [2.75, 3.05) is 13.1 Å². The van der Waals surface area contributed by atoms with Gasteiger partial charge >= 0.3 is 0 Å². The molecule has 2 amide bonds. The predicted molar refractivity (Wildman–Crippen MR) is 111 cm³/mol. The Kier molecular flexibility index (Phi) is 4.75. The van der Waals surface area contributed by atoms with Crippen molar-refractivity contribution in [3.05, 3.63) is 23.3 Å². The summed E-state index contributed by atoms with van der Waals surface area (Å²) in [7, 11) is 0. The zero-order chi connectivity index (χ0) is 21.0. The zero-order valence-electron chi connectivity index (χ0n) is 18.0. The van der Waals surface area contributed by atoms with Crippen molar-refractivity contribution >= 4 is 17.6 Å².